The Morgan fingerprint density at radius 1 is 1.26 bits per heavy atom. The van der Waals surface area contributed by atoms with Gasteiger partial charge in [-0.3, -0.25) is 0 Å². The minimum absolute atomic E-state index is 0.000585. The van der Waals surface area contributed by atoms with Gasteiger partial charge in [0.15, 0.2) is 21.8 Å². The van der Waals surface area contributed by atoms with Crippen molar-refractivity contribution in [2.75, 3.05) is 17.7 Å². The van der Waals surface area contributed by atoms with Crippen LogP contribution < -0.4 is 11.1 Å². The van der Waals surface area contributed by atoms with Gasteiger partial charge in [0.2, 0.25) is 0 Å². The molecule has 2 heterocycles. The van der Waals surface area contributed by atoms with Gasteiger partial charge >= 0.3 is 0 Å². The van der Waals surface area contributed by atoms with Gasteiger partial charge in [-0.2, -0.15) is 0 Å². The number of anilines is 2. The van der Waals surface area contributed by atoms with Crippen LogP contribution >= 0.6 is 23.1 Å². The van der Waals surface area contributed by atoms with E-state index in [1.807, 2.05) is 6.92 Å². The summed E-state index contributed by atoms with van der Waals surface area (Å²) in [5.74, 6) is 1.04. The molecule has 3 rings (SSSR count). The number of hydrogen-bond acceptors (Lipinski definition) is 8. The number of aliphatic hydroxyl groups excluding tert-OH is 1. The number of nitrogen functional groups attached to an aromatic ring is 1. The van der Waals surface area contributed by atoms with E-state index in [2.05, 4.69) is 34.1 Å². The van der Waals surface area contributed by atoms with Gasteiger partial charge in [0, 0.05) is 5.25 Å². The van der Waals surface area contributed by atoms with Gasteiger partial charge in [0.25, 0.3) is 0 Å². The van der Waals surface area contributed by atoms with Gasteiger partial charge < -0.3 is 16.2 Å². The maximum Gasteiger partial charge on any atom is 0.192 e. The van der Waals surface area contributed by atoms with E-state index in [1.54, 1.807) is 12.1 Å². The fraction of sp³-hybridized carbons (Fsp3) is 0.421. The van der Waals surface area contributed by atoms with E-state index in [4.69, 9.17) is 8.48 Å². The predicted molar refractivity (Wildman–Crippen MR) is 114 cm³/mol. The molecular formula is C19H25N5OS2. The number of fused-ring (bicyclic) bond motifs is 1. The molecule has 0 saturated heterocycles. The lowest BCUT2D eigenvalue weighted by molar-refractivity contribution is 0.259. The molecule has 0 spiro atoms. The van der Waals surface area contributed by atoms with E-state index >= 15 is 0 Å². The van der Waals surface area contributed by atoms with Crippen LogP contribution in [-0.2, 0) is 0 Å². The largest absolute Gasteiger partial charge is 0.394 e. The Morgan fingerprint density at radius 2 is 2.00 bits per heavy atom. The first-order chi connectivity index (χ1) is 13.7. The van der Waals surface area contributed by atoms with Crippen molar-refractivity contribution >= 4 is 44.4 Å². The second kappa shape index (κ2) is 8.86. The highest BCUT2D eigenvalue weighted by molar-refractivity contribution is 7.99. The molecular weight excluding hydrogens is 378 g/mol. The lowest BCUT2D eigenvalue weighted by atomic mass is 10.0. The summed E-state index contributed by atoms with van der Waals surface area (Å²) in [6.07, 6.45) is 0.803. The molecule has 0 amide bonds. The van der Waals surface area contributed by atoms with E-state index in [1.165, 1.54) is 29.2 Å². The Labute approximate surface area is 170 Å². The molecule has 0 aliphatic carbocycles. The zero-order valence-corrected chi connectivity index (χ0v) is 17.2. The van der Waals surface area contributed by atoms with Gasteiger partial charge in [0.1, 0.15) is 4.70 Å². The molecule has 27 heavy (non-hydrogen) atoms. The van der Waals surface area contributed by atoms with Crippen LogP contribution in [0.4, 0.5) is 10.9 Å². The van der Waals surface area contributed by atoms with Crippen LogP contribution in [0.15, 0.2) is 35.4 Å². The maximum absolute atomic E-state index is 9.75. The molecule has 8 heteroatoms. The summed E-state index contributed by atoms with van der Waals surface area (Å²) in [7, 11) is 0. The molecule has 0 radical (unpaired) electrons. The van der Waals surface area contributed by atoms with Crippen LogP contribution in [0.5, 0.6) is 0 Å². The number of aromatic nitrogens is 3. The first-order valence-electron chi connectivity index (χ1n) is 9.81. The average molecular weight is 408 g/mol. The molecule has 0 bridgehead atoms. The molecule has 3 aromatic rings. The number of benzene rings is 1. The van der Waals surface area contributed by atoms with Gasteiger partial charge in [-0.15, -0.1) is 0 Å². The summed E-state index contributed by atoms with van der Waals surface area (Å²) in [6, 6.07) is 5.50. The Kier molecular flexibility index (Phi) is 5.65. The lowest BCUT2D eigenvalue weighted by Crippen LogP contribution is -2.26. The third-order valence-electron chi connectivity index (χ3n) is 3.99. The summed E-state index contributed by atoms with van der Waals surface area (Å²) in [6.45, 7) is 6.20. The summed E-state index contributed by atoms with van der Waals surface area (Å²) in [5, 5.41) is 14.0. The fourth-order valence-corrected chi connectivity index (χ4v) is 4.34. The molecule has 0 unspecified atom stereocenters. The number of rotatable bonds is 8. The Morgan fingerprint density at radius 3 is 2.67 bits per heavy atom. The van der Waals surface area contributed by atoms with Crippen LogP contribution in [0.1, 0.15) is 40.7 Å². The van der Waals surface area contributed by atoms with Gasteiger partial charge in [-0.1, -0.05) is 67.2 Å². The van der Waals surface area contributed by atoms with E-state index in [0.29, 0.717) is 39.8 Å². The van der Waals surface area contributed by atoms with Gasteiger partial charge in [-0.25, -0.2) is 15.0 Å². The fourth-order valence-electron chi connectivity index (χ4n) is 2.74. The van der Waals surface area contributed by atoms with Gasteiger partial charge in [0.05, 0.1) is 15.4 Å². The topological polar surface area (TPSA) is 97.0 Å². The second-order valence-electron chi connectivity index (χ2n) is 6.74. The average Bonchev–Trinajstić information content (AvgIpc) is 3.00. The quantitative estimate of drug-likeness (QED) is 0.377. The van der Waals surface area contributed by atoms with Crippen LogP contribution in [-0.4, -0.2) is 32.7 Å². The molecule has 0 fully saturated rings. The monoisotopic (exact) mass is 407 g/mol. The Hall–Kier alpha value is -1.90. The molecule has 6 nitrogen and oxygen atoms in total. The van der Waals surface area contributed by atoms with Crippen LogP contribution in [0, 0.1) is 5.92 Å². The number of thiazole rings is 1. The standard InChI is InChI=1S/C19H25N5OS2/c1-11(2)9-14(10-25)21-16-15-17(22-18(20)27-15)24-19(23-16)26-12(3)13-7-5-4-6-8-13/h4-8,11-12,14,25H,9-10H2,1-3H3,(H3,20,21,22,23,24)/t12-,14+/m0/s1/i5T,6T. The van der Waals surface area contributed by atoms with E-state index in [-0.39, 0.29) is 17.9 Å². The zero-order valence-electron chi connectivity index (χ0n) is 17.6. The van der Waals surface area contributed by atoms with Crippen molar-refractivity contribution in [3.63, 3.8) is 0 Å². The third-order valence-corrected chi connectivity index (χ3v) is 5.88. The smallest absolute Gasteiger partial charge is 0.192 e. The van der Waals surface area contributed by atoms with Crippen LogP contribution in [0.3, 0.4) is 0 Å². The van der Waals surface area contributed by atoms with E-state index in [9.17, 15) is 5.11 Å². The zero-order chi connectivity index (χ0) is 21.1. The third kappa shape index (κ3) is 5.09. The van der Waals surface area contributed by atoms with Gasteiger partial charge in [-0.05, 0) is 24.8 Å². The highest BCUT2D eigenvalue weighted by Crippen LogP contribution is 2.36. The Bertz CT molecular complexity index is 978. The lowest BCUT2D eigenvalue weighted by Gasteiger charge is -2.19. The minimum Gasteiger partial charge on any atom is -0.394 e. The molecule has 2 atom stereocenters. The Balaban J connectivity index is 1.91. The maximum atomic E-state index is 9.75. The number of aliphatic hydroxyl groups is 1. The summed E-state index contributed by atoms with van der Waals surface area (Å²) in [5.41, 5.74) is 7.29. The van der Waals surface area contributed by atoms with Crippen molar-refractivity contribution in [1.82, 2.24) is 15.0 Å². The molecule has 0 aliphatic heterocycles. The highest BCUT2D eigenvalue weighted by Gasteiger charge is 2.18. The number of nitrogens with two attached hydrogens (primary N) is 1. The van der Waals surface area contributed by atoms with Crippen LogP contribution in [0.2, 0.25) is 0 Å². The first kappa shape index (κ1) is 17.2. The SMILES string of the molecule is [3H]c1cc([3H])cc([C@H](C)Sc2nc(N[C@@H](CO)CC(C)C)c3sc(N)nc3n2)c1. The summed E-state index contributed by atoms with van der Waals surface area (Å²) >= 11 is 2.75. The molecule has 1 aromatic carbocycles. The van der Waals surface area contributed by atoms with Crippen molar-refractivity contribution in [2.45, 2.75) is 43.6 Å². The highest BCUT2D eigenvalue weighted by atomic mass is 32.2. The van der Waals surface area contributed by atoms with Crippen molar-refractivity contribution in [1.29, 1.82) is 0 Å². The molecule has 0 aliphatic rings. The molecule has 0 saturated carbocycles. The van der Waals surface area contributed by atoms with Crippen molar-refractivity contribution < 1.29 is 7.85 Å². The summed E-state index contributed by atoms with van der Waals surface area (Å²) in [4.78, 5) is 13.5. The number of nitrogens with zero attached hydrogens (tertiary/aromatic N) is 3. The number of hydrogen-bond donors (Lipinski definition) is 3. The number of thioether (sulfide) groups is 1. The molecule has 144 valence electrons. The normalized spacial score (nSPS) is 14.9. The molecule has 4 N–H and O–H groups in total. The summed E-state index contributed by atoms with van der Waals surface area (Å²) < 4.78 is 16.4. The predicted octanol–water partition coefficient (Wildman–Crippen LogP) is 4.34. The van der Waals surface area contributed by atoms with Crippen molar-refractivity contribution in [3.05, 3.63) is 35.8 Å². The van der Waals surface area contributed by atoms with Crippen LogP contribution in [0.25, 0.3) is 10.3 Å². The molecule has 2 aromatic heterocycles. The minimum atomic E-state index is -0.127. The number of nitrogens with one attached hydrogen (secondary N) is 1. The van der Waals surface area contributed by atoms with Crippen molar-refractivity contribution in [3.8, 4) is 0 Å². The van der Waals surface area contributed by atoms with Crippen molar-refractivity contribution in [2.24, 2.45) is 5.92 Å². The van der Waals surface area contributed by atoms with E-state index < -0.39 is 0 Å². The van der Waals surface area contributed by atoms with E-state index in [0.717, 1.165) is 16.7 Å². The first-order valence-corrected chi connectivity index (χ1v) is 10.5. The second-order valence-corrected chi connectivity index (χ2v) is 9.08.